The predicted octanol–water partition coefficient (Wildman–Crippen LogP) is 1.95. The number of rotatable bonds is 4. The van der Waals surface area contributed by atoms with E-state index in [2.05, 4.69) is 5.16 Å². The summed E-state index contributed by atoms with van der Waals surface area (Å²) in [6, 6.07) is 8.81. The minimum atomic E-state index is -0.659. The van der Waals surface area contributed by atoms with Gasteiger partial charge in [0, 0.05) is 13.1 Å². The molecule has 0 aliphatic carbocycles. The average Bonchev–Trinajstić information content (AvgIpc) is 2.83. The molecular formula is C15H19N3O2. The Morgan fingerprint density at radius 2 is 2.00 bits per heavy atom. The third kappa shape index (κ3) is 3.24. The first-order chi connectivity index (χ1) is 9.47. The van der Waals surface area contributed by atoms with Gasteiger partial charge < -0.3 is 15.2 Å². The number of nitrogens with two attached hydrogens (primary N) is 1. The summed E-state index contributed by atoms with van der Waals surface area (Å²) in [5, 5.41) is 3.87. The van der Waals surface area contributed by atoms with Crippen LogP contribution >= 0.6 is 0 Å². The average molecular weight is 273 g/mol. The lowest BCUT2D eigenvalue weighted by molar-refractivity contribution is -0.132. The number of carbonyl (C=O) groups is 1. The van der Waals surface area contributed by atoms with Crippen LogP contribution in [0.1, 0.15) is 28.6 Å². The van der Waals surface area contributed by atoms with Crippen LogP contribution in [0.15, 0.2) is 34.9 Å². The van der Waals surface area contributed by atoms with Crippen LogP contribution < -0.4 is 5.73 Å². The first-order valence-corrected chi connectivity index (χ1v) is 6.46. The lowest BCUT2D eigenvalue weighted by atomic mass is 10.0. The molecule has 0 aliphatic heterocycles. The summed E-state index contributed by atoms with van der Waals surface area (Å²) in [5.41, 5.74) is 8.68. The monoisotopic (exact) mass is 273 g/mol. The fraction of sp³-hybridized carbons (Fsp3) is 0.333. The Morgan fingerprint density at radius 1 is 1.35 bits per heavy atom. The molecule has 5 nitrogen and oxygen atoms in total. The molecule has 1 unspecified atom stereocenters. The van der Waals surface area contributed by atoms with E-state index in [0.717, 1.165) is 22.6 Å². The molecule has 1 aromatic carbocycles. The zero-order valence-corrected chi connectivity index (χ0v) is 12.0. The Morgan fingerprint density at radius 3 is 2.55 bits per heavy atom. The summed E-state index contributed by atoms with van der Waals surface area (Å²) >= 11 is 0. The van der Waals surface area contributed by atoms with E-state index in [1.165, 1.54) is 0 Å². The molecule has 0 bridgehead atoms. The SMILES string of the molecule is Cc1ccc(C(N)C(=O)N(C)Cc2cc(C)on2)cc1. The summed E-state index contributed by atoms with van der Waals surface area (Å²) in [7, 11) is 1.71. The molecule has 2 aromatic rings. The van der Waals surface area contributed by atoms with Gasteiger partial charge in [0.2, 0.25) is 5.91 Å². The van der Waals surface area contributed by atoms with Gasteiger partial charge >= 0.3 is 0 Å². The van der Waals surface area contributed by atoms with Crippen molar-refractivity contribution in [2.45, 2.75) is 26.4 Å². The Labute approximate surface area is 118 Å². The molecule has 0 aliphatic rings. The van der Waals surface area contributed by atoms with Gasteiger partial charge in [-0.25, -0.2) is 0 Å². The maximum Gasteiger partial charge on any atom is 0.244 e. The number of aryl methyl sites for hydroxylation is 2. The topological polar surface area (TPSA) is 72.4 Å². The smallest absolute Gasteiger partial charge is 0.244 e. The van der Waals surface area contributed by atoms with Gasteiger partial charge in [0.05, 0.1) is 6.54 Å². The van der Waals surface area contributed by atoms with E-state index in [9.17, 15) is 4.79 Å². The van der Waals surface area contributed by atoms with Crippen molar-refractivity contribution >= 4 is 5.91 Å². The first kappa shape index (κ1) is 14.3. The van der Waals surface area contributed by atoms with Gasteiger partial charge in [-0.3, -0.25) is 4.79 Å². The molecule has 2 N–H and O–H groups in total. The number of amides is 1. The van der Waals surface area contributed by atoms with Crippen molar-refractivity contribution in [2.24, 2.45) is 5.73 Å². The molecule has 1 amide bonds. The van der Waals surface area contributed by atoms with Gasteiger partial charge in [-0.2, -0.15) is 0 Å². The van der Waals surface area contributed by atoms with Crippen molar-refractivity contribution in [1.29, 1.82) is 0 Å². The van der Waals surface area contributed by atoms with Crippen molar-refractivity contribution in [3.8, 4) is 0 Å². The largest absolute Gasteiger partial charge is 0.361 e. The number of benzene rings is 1. The van der Waals surface area contributed by atoms with Crippen LogP contribution in [0.25, 0.3) is 0 Å². The minimum Gasteiger partial charge on any atom is -0.361 e. The number of hydrogen-bond donors (Lipinski definition) is 1. The molecule has 5 heteroatoms. The summed E-state index contributed by atoms with van der Waals surface area (Å²) in [4.78, 5) is 13.8. The van der Waals surface area contributed by atoms with Gasteiger partial charge in [0.15, 0.2) is 0 Å². The highest BCUT2D eigenvalue weighted by Crippen LogP contribution is 2.15. The Hall–Kier alpha value is -2.14. The quantitative estimate of drug-likeness (QED) is 0.924. The summed E-state index contributed by atoms with van der Waals surface area (Å²) in [6.45, 7) is 4.20. The molecule has 1 aromatic heterocycles. The summed E-state index contributed by atoms with van der Waals surface area (Å²) < 4.78 is 4.98. The van der Waals surface area contributed by atoms with E-state index in [1.54, 1.807) is 18.0 Å². The van der Waals surface area contributed by atoms with Gasteiger partial charge in [-0.1, -0.05) is 35.0 Å². The van der Waals surface area contributed by atoms with Crippen LogP contribution in [-0.2, 0) is 11.3 Å². The van der Waals surface area contributed by atoms with Crippen LogP contribution in [0.5, 0.6) is 0 Å². The normalized spacial score (nSPS) is 12.2. The molecule has 1 heterocycles. The maximum absolute atomic E-state index is 12.3. The van der Waals surface area contributed by atoms with Crippen molar-refractivity contribution in [3.05, 3.63) is 52.9 Å². The van der Waals surface area contributed by atoms with Gasteiger partial charge in [0.25, 0.3) is 0 Å². The predicted molar refractivity (Wildman–Crippen MR) is 75.8 cm³/mol. The van der Waals surface area contributed by atoms with Crippen molar-refractivity contribution in [3.63, 3.8) is 0 Å². The number of carbonyl (C=O) groups excluding carboxylic acids is 1. The molecule has 0 saturated heterocycles. The lowest BCUT2D eigenvalue weighted by Crippen LogP contribution is -2.35. The number of nitrogens with zero attached hydrogens (tertiary/aromatic N) is 2. The highest BCUT2D eigenvalue weighted by Gasteiger charge is 2.20. The van der Waals surface area contributed by atoms with Gasteiger partial charge in [-0.05, 0) is 19.4 Å². The number of hydrogen-bond acceptors (Lipinski definition) is 4. The van der Waals surface area contributed by atoms with E-state index in [-0.39, 0.29) is 5.91 Å². The third-order valence-corrected chi connectivity index (χ3v) is 3.15. The second-order valence-corrected chi connectivity index (χ2v) is 5.01. The number of likely N-dealkylation sites (N-methyl/N-ethyl adjacent to an activating group) is 1. The molecular weight excluding hydrogens is 254 g/mol. The van der Waals surface area contributed by atoms with Gasteiger partial charge in [0.1, 0.15) is 17.5 Å². The molecule has 0 radical (unpaired) electrons. The van der Waals surface area contributed by atoms with Crippen LogP contribution in [0.3, 0.4) is 0 Å². The van der Waals surface area contributed by atoms with Crippen molar-refractivity contribution in [1.82, 2.24) is 10.1 Å². The van der Waals surface area contributed by atoms with Crippen LogP contribution in [0, 0.1) is 13.8 Å². The Kier molecular flexibility index (Phi) is 4.20. The van der Waals surface area contributed by atoms with Crippen LogP contribution in [0.2, 0.25) is 0 Å². The van der Waals surface area contributed by atoms with Gasteiger partial charge in [-0.15, -0.1) is 0 Å². The molecule has 0 saturated carbocycles. The molecule has 1 atom stereocenters. The highest BCUT2D eigenvalue weighted by atomic mass is 16.5. The van der Waals surface area contributed by atoms with Crippen molar-refractivity contribution in [2.75, 3.05) is 7.05 Å². The minimum absolute atomic E-state index is 0.144. The zero-order valence-electron chi connectivity index (χ0n) is 12.0. The van der Waals surface area contributed by atoms with Crippen LogP contribution in [-0.4, -0.2) is 23.0 Å². The lowest BCUT2D eigenvalue weighted by Gasteiger charge is -2.20. The fourth-order valence-corrected chi connectivity index (χ4v) is 1.97. The Balaban J connectivity index is 2.04. The molecule has 2 rings (SSSR count). The zero-order chi connectivity index (χ0) is 14.7. The van der Waals surface area contributed by atoms with E-state index in [1.807, 2.05) is 38.1 Å². The second-order valence-electron chi connectivity index (χ2n) is 5.01. The third-order valence-electron chi connectivity index (χ3n) is 3.15. The van der Waals surface area contributed by atoms with E-state index < -0.39 is 6.04 Å². The van der Waals surface area contributed by atoms with Crippen LogP contribution in [0.4, 0.5) is 0 Å². The molecule has 20 heavy (non-hydrogen) atoms. The van der Waals surface area contributed by atoms with E-state index in [0.29, 0.717) is 6.54 Å². The molecule has 0 spiro atoms. The molecule has 0 fully saturated rings. The number of aromatic nitrogens is 1. The van der Waals surface area contributed by atoms with E-state index >= 15 is 0 Å². The standard InChI is InChI=1S/C15H19N3O2/c1-10-4-6-12(7-5-10)14(16)15(19)18(3)9-13-8-11(2)20-17-13/h4-8,14H,9,16H2,1-3H3. The Bertz CT molecular complexity index is 589. The first-order valence-electron chi connectivity index (χ1n) is 6.46. The summed E-state index contributed by atoms with van der Waals surface area (Å²) in [5.74, 6) is 0.582. The highest BCUT2D eigenvalue weighted by molar-refractivity contribution is 5.82. The second kappa shape index (κ2) is 5.88. The maximum atomic E-state index is 12.3. The van der Waals surface area contributed by atoms with E-state index in [4.69, 9.17) is 10.3 Å². The van der Waals surface area contributed by atoms with Crippen molar-refractivity contribution < 1.29 is 9.32 Å². The molecule has 106 valence electrons. The fourth-order valence-electron chi connectivity index (χ4n) is 1.97. The summed E-state index contributed by atoms with van der Waals surface area (Å²) in [6.07, 6.45) is 0.